The Balaban J connectivity index is 1.49. The predicted octanol–water partition coefficient (Wildman–Crippen LogP) is 6.18. The van der Waals surface area contributed by atoms with Gasteiger partial charge < -0.3 is 4.90 Å². The van der Waals surface area contributed by atoms with E-state index in [0.29, 0.717) is 17.7 Å². The van der Waals surface area contributed by atoms with Crippen molar-refractivity contribution < 1.29 is 4.79 Å². The summed E-state index contributed by atoms with van der Waals surface area (Å²) < 4.78 is 0. The molecule has 2 unspecified atom stereocenters. The number of thioether (sulfide) groups is 1. The first-order valence-electron chi connectivity index (χ1n) is 10.5. The Morgan fingerprint density at radius 1 is 1.07 bits per heavy atom. The predicted molar refractivity (Wildman–Crippen MR) is 121 cm³/mol. The zero-order chi connectivity index (χ0) is 20.2. The van der Waals surface area contributed by atoms with Crippen LogP contribution in [-0.4, -0.2) is 28.4 Å². The van der Waals surface area contributed by atoms with Crippen LogP contribution in [0, 0.1) is 5.92 Å². The standard InChI is InChI=1S/C25H28N2OS/c1-3-19-15-14-18(2)27(16-19)25(28)23-12-7-10-21(26-23)17-29-24-13-6-9-20-8-4-5-11-22(20)24/h4-13,18-19H,3,14-17H2,1-2H3. The zero-order valence-corrected chi connectivity index (χ0v) is 18.0. The fraction of sp³-hybridized carbons (Fsp3) is 0.360. The summed E-state index contributed by atoms with van der Waals surface area (Å²) in [7, 11) is 0. The third kappa shape index (κ3) is 4.48. The number of carbonyl (C=O) groups excluding carboxylic acids is 1. The second kappa shape index (κ2) is 9.00. The lowest BCUT2D eigenvalue weighted by Gasteiger charge is -2.37. The van der Waals surface area contributed by atoms with E-state index in [-0.39, 0.29) is 5.91 Å². The lowest BCUT2D eigenvalue weighted by atomic mass is 9.91. The van der Waals surface area contributed by atoms with Crippen LogP contribution in [0.3, 0.4) is 0 Å². The number of rotatable bonds is 5. The first-order valence-corrected chi connectivity index (χ1v) is 11.5. The van der Waals surface area contributed by atoms with Gasteiger partial charge in [-0.1, -0.05) is 55.8 Å². The maximum atomic E-state index is 13.1. The van der Waals surface area contributed by atoms with Gasteiger partial charge in [-0.25, -0.2) is 4.98 Å². The van der Waals surface area contributed by atoms with Gasteiger partial charge >= 0.3 is 0 Å². The molecule has 1 fully saturated rings. The van der Waals surface area contributed by atoms with Crippen LogP contribution < -0.4 is 0 Å². The Labute approximate surface area is 177 Å². The number of carbonyl (C=O) groups is 1. The average molecular weight is 405 g/mol. The molecule has 29 heavy (non-hydrogen) atoms. The second-order valence-electron chi connectivity index (χ2n) is 7.94. The van der Waals surface area contributed by atoms with Crippen LogP contribution in [0.25, 0.3) is 10.8 Å². The van der Waals surface area contributed by atoms with Crippen LogP contribution in [0.1, 0.15) is 49.3 Å². The van der Waals surface area contributed by atoms with Crippen LogP contribution in [-0.2, 0) is 5.75 Å². The molecule has 1 saturated heterocycles. The van der Waals surface area contributed by atoms with Crippen molar-refractivity contribution in [1.29, 1.82) is 0 Å². The SMILES string of the molecule is CCC1CCC(C)N(C(=O)c2cccc(CSc3cccc4ccccc34)n2)C1. The first kappa shape index (κ1) is 20.0. The number of benzene rings is 2. The number of piperidine rings is 1. The summed E-state index contributed by atoms with van der Waals surface area (Å²) in [4.78, 5) is 21.1. The highest BCUT2D eigenvalue weighted by molar-refractivity contribution is 7.98. The molecule has 4 rings (SSSR count). The van der Waals surface area contributed by atoms with Gasteiger partial charge in [-0.15, -0.1) is 11.8 Å². The summed E-state index contributed by atoms with van der Waals surface area (Å²) in [5, 5.41) is 2.51. The fourth-order valence-electron chi connectivity index (χ4n) is 4.10. The van der Waals surface area contributed by atoms with Gasteiger partial charge in [0.1, 0.15) is 5.69 Å². The number of aromatic nitrogens is 1. The van der Waals surface area contributed by atoms with Crippen molar-refractivity contribution in [2.24, 2.45) is 5.92 Å². The number of nitrogens with zero attached hydrogens (tertiary/aromatic N) is 2. The second-order valence-corrected chi connectivity index (χ2v) is 8.96. The molecule has 1 aliphatic rings. The Morgan fingerprint density at radius 3 is 2.72 bits per heavy atom. The molecule has 150 valence electrons. The third-order valence-corrected chi connectivity index (χ3v) is 7.08. The van der Waals surface area contributed by atoms with E-state index in [4.69, 9.17) is 4.98 Å². The minimum absolute atomic E-state index is 0.0765. The summed E-state index contributed by atoms with van der Waals surface area (Å²) in [6.07, 6.45) is 3.43. The van der Waals surface area contributed by atoms with E-state index in [9.17, 15) is 4.79 Å². The minimum Gasteiger partial charge on any atom is -0.334 e. The quantitative estimate of drug-likeness (QED) is 0.476. The summed E-state index contributed by atoms with van der Waals surface area (Å²) in [6.45, 7) is 5.23. The van der Waals surface area contributed by atoms with Gasteiger partial charge in [0.05, 0.1) is 5.69 Å². The lowest BCUT2D eigenvalue weighted by Crippen LogP contribution is -2.45. The number of pyridine rings is 1. The van der Waals surface area contributed by atoms with Crippen molar-refractivity contribution in [3.63, 3.8) is 0 Å². The fourth-order valence-corrected chi connectivity index (χ4v) is 5.08. The summed E-state index contributed by atoms with van der Waals surface area (Å²) in [5.41, 5.74) is 1.52. The molecule has 0 radical (unpaired) electrons. The van der Waals surface area contributed by atoms with Crippen molar-refractivity contribution >= 4 is 28.4 Å². The summed E-state index contributed by atoms with van der Waals surface area (Å²) in [6, 6.07) is 21.0. The Morgan fingerprint density at radius 2 is 1.86 bits per heavy atom. The monoisotopic (exact) mass is 404 g/mol. The molecule has 1 aromatic heterocycles. The van der Waals surface area contributed by atoms with Crippen LogP contribution in [0.5, 0.6) is 0 Å². The zero-order valence-electron chi connectivity index (χ0n) is 17.2. The molecule has 3 aromatic rings. The number of hydrogen-bond acceptors (Lipinski definition) is 3. The highest BCUT2D eigenvalue weighted by atomic mass is 32.2. The number of hydrogen-bond donors (Lipinski definition) is 0. The molecule has 0 saturated carbocycles. The van der Waals surface area contributed by atoms with Gasteiger partial charge in [0.15, 0.2) is 0 Å². The molecule has 1 amide bonds. The molecule has 1 aliphatic heterocycles. The number of fused-ring (bicyclic) bond motifs is 1. The van der Waals surface area contributed by atoms with E-state index >= 15 is 0 Å². The van der Waals surface area contributed by atoms with Crippen LogP contribution in [0.15, 0.2) is 65.6 Å². The molecule has 2 atom stereocenters. The molecule has 2 heterocycles. The van der Waals surface area contributed by atoms with Crippen molar-refractivity contribution in [3.05, 3.63) is 72.1 Å². The van der Waals surface area contributed by atoms with Gasteiger partial charge in [0, 0.05) is 23.2 Å². The average Bonchev–Trinajstić information content (AvgIpc) is 2.77. The van der Waals surface area contributed by atoms with E-state index in [1.165, 1.54) is 22.1 Å². The molecule has 0 bridgehead atoms. The van der Waals surface area contributed by atoms with E-state index in [1.807, 2.05) is 23.1 Å². The van der Waals surface area contributed by atoms with Crippen LogP contribution in [0.2, 0.25) is 0 Å². The number of likely N-dealkylation sites (tertiary alicyclic amines) is 1. The van der Waals surface area contributed by atoms with Gasteiger partial charge in [0.2, 0.25) is 0 Å². The first-order chi connectivity index (χ1) is 14.2. The Kier molecular flexibility index (Phi) is 6.19. The highest BCUT2D eigenvalue weighted by Gasteiger charge is 2.29. The topological polar surface area (TPSA) is 33.2 Å². The normalized spacial score (nSPS) is 19.4. The van der Waals surface area contributed by atoms with E-state index < -0.39 is 0 Å². The third-order valence-electron chi connectivity index (χ3n) is 5.97. The lowest BCUT2D eigenvalue weighted by molar-refractivity contribution is 0.0550. The van der Waals surface area contributed by atoms with E-state index in [2.05, 4.69) is 56.3 Å². The highest BCUT2D eigenvalue weighted by Crippen LogP contribution is 2.30. The van der Waals surface area contributed by atoms with Crippen molar-refractivity contribution in [3.8, 4) is 0 Å². The summed E-state index contributed by atoms with van der Waals surface area (Å²) >= 11 is 1.78. The molecular formula is C25H28N2OS. The molecule has 0 N–H and O–H groups in total. The Hall–Kier alpha value is -2.33. The maximum Gasteiger partial charge on any atom is 0.272 e. The van der Waals surface area contributed by atoms with Crippen LogP contribution in [0.4, 0.5) is 0 Å². The van der Waals surface area contributed by atoms with Crippen molar-refractivity contribution in [1.82, 2.24) is 9.88 Å². The largest absolute Gasteiger partial charge is 0.334 e. The van der Waals surface area contributed by atoms with E-state index in [0.717, 1.165) is 30.8 Å². The molecule has 3 nitrogen and oxygen atoms in total. The van der Waals surface area contributed by atoms with E-state index in [1.54, 1.807) is 11.8 Å². The maximum absolute atomic E-state index is 13.1. The van der Waals surface area contributed by atoms with Gasteiger partial charge in [-0.2, -0.15) is 0 Å². The summed E-state index contributed by atoms with van der Waals surface area (Å²) in [5.74, 6) is 1.44. The molecule has 2 aromatic carbocycles. The molecule has 0 spiro atoms. The van der Waals surface area contributed by atoms with Crippen molar-refractivity contribution in [2.75, 3.05) is 6.54 Å². The smallest absolute Gasteiger partial charge is 0.272 e. The van der Waals surface area contributed by atoms with Crippen molar-refractivity contribution in [2.45, 2.75) is 49.8 Å². The van der Waals surface area contributed by atoms with Gasteiger partial charge in [-0.05, 0) is 54.7 Å². The molecule has 4 heteroatoms. The molecule has 0 aliphatic carbocycles. The van der Waals surface area contributed by atoms with Gasteiger partial charge in [0.25, 0.3) is 5.91 Å². The number of amides is 1. The minimum atomic E-state index is 0.0765. The Bertz CT molecular complexity index is 998. The van der Waals surface area contributed by atoms with Crippen LogP contribution >= 0.6 is 11.8 Å². The van der Waals surface area contributed by atoms with Gasteiger partial charge in [-0.3, -0.25) is 4.79 Å². The molecular weight excluding hydrogens is 376 g/mol.